The van der Waals surface area contributed by atoms with Crippen molar-refractivity contribution in [2.24, 2.45) is 5.92 Å². The van der Waals surface area contributed by atoms with Crippen LogP contribution in [0.3, 0.4) is 0 Å². The van der Waals surface area contributed by atoms with Crippen molar-refractivity contribution in [3.63, 3.8) is 0 Å². The van der Waals surface area contributed by atoms with Crippen molar-refractivity contribution in [2.75, 3.05) is 25.0 Å². The summed E-state index contributed by atoms with van der Waals surface area (Å²) in [6.07, 6.45) is 1.75. The molecular weight excluding hydrogens is 424 g/mol. The zero-order valence-corrected chi connectivity index (χ0v) is 18.8. The van der Waals surface area contributed by atoms with Gasteiger partial charge in [0.1, 0.15) is 10.6 Å². The summed E-state index contributed by atoms with van der Waals surface area (Å²) in [5, 5.41) is 3.34. The van der Waals surface area contributed by atoms with Crippen LogP contribution in [0, 0.1) is 5.92 Å². The molecule has 0 saturated carbocycles. The van der Waals surface area contributed by atoms with Gasteiger partial charge < -0.3 is 10.1 Å². The smallest absolute Gasteiger partial charge is 0.246 e. The number of sulfonamides is 1. The lowest BCUT2D eigenvalue weighted by Crippen LogP contribution is -2.41. The van der Waals surface area contributed by atoms with Gasteiger partial charge in [-0.3, -0.25) is 4.79 Å². The van der Waals surface area contributed by atoms with Crippen LogP contribution < -0.4 is 10.1 Å². The van der Waals surface area contributed by atoms with Crippen LogP contribution in [0.15, 0.2) is 47.4 Å². The molecular formula is C22H27ClN2O4S. The summed E-state index contributed by atoms with van der Waals surface area (Å²) in [6, 6.07) is 12.3. The van der Waals surface area contributed by atoms with E-state index in [1.165, 1.54) is 10.4 Å². The van der Waals surface area contributed by atoms with E-state index in [4.69, 9.17) is 16.3 Å². The van der Waals surface area contributed by atoms with Crippen molar-refractivity contribution in [2.45, 2.75) is 38.0 Å². The number of halogens is 1. The highest BCUT2D eigenvalue weighted by Gasteiger charge is 2.34. The molecule has 162 valence electrons. The van der Waals surface area contributed by atoms with Crippen molar-refractivity contribution >= 4 is 33.2 Å². The Bertz CT molecular complexity index is 1000. The first-order valence-electron chi connectivity index (χ1n) is 10.2. The van der Waals surface area contributed by atoms with E-state index in [1.54, 1.807) is 19.1 Å². The van der Waals surface area contributed by atoms with Gasteiger partial charge in [-0.25, -0.2) is 8.42 Å². The third-order valence-corrected chi connectivity index (χ3v) is 7.46. The second-order valence-electron chi connectivity index (χ2n) is 7.20. The molecule has 3 rings (SSSR count). The van der Waals surface area contributed by atoms with Crippen LogP contribution in [0.2, 0.25) is 5.02 Å². The maximum Gasteiger partial charge on any atom is 0.246 e. The molecule has 30 heavy (non-hydrogen) atoms. The van der Waals surface area contributed by atoms with Gasteiger partial charge in [0.05, 0.1) is 6.61 Å². The molecule has 1 aliphatic heterocycles. The van der Waals surface area contributed by atoms with E-state index in [2.05, 4.69) is 5.32 Å². The first-order valence-corrected chi connectivity index (χ1v) is 12.0. The fourth-order valence-electron chi connectivity index (χ4n) is 3.64. The second-order valence-corrected chi connectivity index (χ2v) is 9.55. The average molecular weight is 451 g/mol. The van der Waals surface area contributed by atoms with E-state index in [9.17, 15) is 13.2 Å². The Hall–Kier alpha value is -2.09. The number of nitrogens with one attached hydrogen (secondary N) is 1. The Kier molecular flexibility index (Phi) is 7.39. The van der Waals surface area contributed by atoms with Gasteiger partial charge in [-0.05, 0) is 56.0 Å². The molecule has 6 nitrogen and oxygen atoms in total. The Balaban J connectivity index is 1.69. The van der Waals surface area contributed by atoms with Gasteiger partial charge in [0.15, 0.2) is 0 Å². The molecule has 1 fully saturated rings. The van der Waals surface area contributed by atoms with E-state index in [0.29, 0.717) is 24.5 Å². The van der Waals surface area contributed by atoms with E-state index in [1.807, 2.05) is 31.2 Å². The lowest BCUT2D eigenvalue weighted by Gasteiger charge is -2.31. The summed E-state index contributed by atoms with van der Waals surface area (Å²) in [5.41, 5.74) is 1.90. The Morgan fingerprint density at radius 1 is 1.17 bits per heavy atom. The highest BCUT2D eigenvalue weighted by Crippen LogP contribution is 2.32. The Morgan fingerprint density at radius 3 is 2.53 bits per heavy atom. The van der Waals surface area contributed by atoms with Crippen LogP contribution in [-0.4, -0.2) is 38.3 Å². The van der Waals surface area contributed by atoms with Crippen LogP contribution in [0.5, 0.6) is 5.75 Å². The molecule has 0 atom stereocenters. The number of carbonyl (C=O) groups excluding carboxylic acids is 1. The van der Waals surface area contributed by atoms with Crippen molar-refractivity contribution in [3.8, 4) is 5.75 Å². The zero-order chi connectivity index (χ0) is 21.7. The maximum absolute atomic E-state index is 13.2. The largest absolute Gasteiger partial charge is 0.492 e. The van der Waals surface area contributed by atoms with Crippen LogP contribution in [0.4, 0.5) is 5.69 Å². The van der Waals surface area contributed by atoms with Gasteiger partial charge in [-0.15, -0.1) is 0 Å². The molecule has 1 amide bonds. The van der Waals surface area contributed by atoms with Crippen molar-refractivity contribution < 1.29 is 17.9 Å². The van der Waals surface area contributed by atoms with Crippen LogP contribution in [0.1, 0.15) is 32.3 Å². The maximum atomic E-state index is 13.2. The molecule has 1 N–H and O–H groups in total. The molecule has 0 bridgehead atoms. The minimum atomic E-state index is -3.76. The van der Waals surface area contributed by atoms with Gasteiger partial charge in [0.25, 0.3) is 0 Å². The predicted octanol–water partition coefficient (Wildman–Crippen LogP) is 4.34. The molecule has 2 aromatic carbocycles. The number of piperidine rings is 1. The van der Waals surface area contributed by atoms with Gasteiger partial charge >= 0.3 is 0 Å². The fourth-order valence-corrected chi connectivity index (χ4v) is 5.50. The van der Waals surface area contributed by atoms with E-state index >= 15 is 0 Å². The number of para-hydroxylation sites is 1. The van der Waals surface area contributed by atoms with Crippen molar-refractivity contribution in [1.29, 1.82) is 0 Å². The van der Waals surface area contributed by atoms with Gasteiger partial charge in [0.2, 0.25) is 15.9 Å². The summed E-state index contributed by atoms with van der Waals surface area (Å²) >= 11 is 6.04. The molecule has 0 spiro atoms. The number of benzene rings is 2. The van der Waals surface area contributed by atoms with Crippen LogP contribution >= 0.6 is 11.6 Å². The average Bonchev–Trinajstić information content (AvgIpc) is 2.75. The number of aryl methyl sites for hydroxylation is 1. The van der Waals surface area contributed by atoms with Gasteiger partial charge in [-0.1, -0.05) is 36.7 Å². The first-order chi connectivity index (χ1) is 14.4. The molecule has 0 unspecified atom stereocenters. The number of rotatable bonds is 7. The normalized spacial score (nSPS) is 15.7. The lowest BCUT2D eigenvalue weighted by molar-refractivity contribution is -0.120. The second kappa shape index (κ2) is 9.81. The Morgan fingerprint density at radius 2 is 1.87 bits per heavy atom. The quantitative estimate of drug-likeness (QED) is 0.680. The molecule has 1 saturated heterocycles. The standard InChI is InChI=1S/C22H27ClN2O4S/c1-3-16-7-5-6-8-19(16)24-22(26)17-11-13-25(14-12-17)30(27,28)21-15-18(23)9-10-20(21)29-4-2/h5-10,15,17H,3-4,11-14H2,1-2H3,(H,24,26). The van der Waals surface area contributed by atoms with Crippen molar-refractivity contribution in [1.82, 2.24) is 4.31 Å². The fraction of sp³-hybridized carbons (Fsp3) is 0.409. The number of hydrogen-bond acceptors (Lipinski definition) is 4. The molecule has 1 heterocycles. The van der Waals surface area contributed by atoms with E-state index in [-0.39, 0.29) is 35.6 Å². The molecule has 2 aromatic rings. The van der Waals surface area contributed by atoms with Gasteiger partial charge in [-0.2, -0.15) is 4.31 Å². The highest BCUT2D eigenvalue weighted by molar-refractivity contribution is 7.89. The summed E-state index contributed by atoms with van der Waals surface area (Å²) in [4.78, 5) is 12.8. The monoisotopic (exact) mass is 450 g/mol. The van der Waals surface area contributed by atoms with Crippen LogP contribution in [-0.2, 0) is 21.2 Å². The molecule has 0 aromatic heterocycles. The van der Waals surface area contributed by atoms with Crippen molar-refractivity contribution in [3.05, 3.63) is 53.1 Å². The number of hydrogen-bond donors (Lipinski definition) is 1. The number of carbonyl (C=O) groups is 1. The van der Waals surface area contributed by atoms with E-state index in [0.717, 1.165) is 17.7 Å². The number of anilines is 1. The minimum Gasteiger partial charge on any atom is -0.492 e. The first kappa shape index (κ1) is 22.6. The summed E-state index contributed by atoms with van der Waals surface area (Å²) < 4.78 is 33.2. The molecule has 1 aliphatic rings. The third kappa shape index (κ3) is 4.96. The molecule has 0 aliphatic carbocycles. The molecule has 0 radical (unpaired) electrons. The molecule has 8 heteroatoms. The number of amides is 1. The minimum absolute atomic E-state index is 0.0642. The number of nitrogens with zero attached hydrogens (tertiary/aromatic N) is 1. The third-order valence-electron chi connectivity index (χ3n) is 5.30. The van der Waals surface area contributed by atoms with Gasteiger partial charge in [0, 0.05) is 29.7 Å². The predicted molar refractivity (Wildman–Crippen MR) is 119 cm³/mol. The summed E-state index contributed by atoms with van der Waals surface area (Å²) in [7, 11) is -3.76. The Labute approximate surface area is 183 Å². The lowest BCUT2D eigenvalue weighted by atomic mass is 9.97. The topological polar surface area (TPSA) is 75.7 Å². The van der Waals surface area contributed by atoms with E-state index < -0.39 is 10.0 Å². The summed E-state index contributed by atoms with van der Waals surface area (Å²) in [5.74, 6) is -0.00395. The number of ether oxygens (including phenoxy) is 1. The SMILES string of the molecule is CCOc1ccc(Cl)cc1S(=O)(=O)N1CCC(C(=O)Nc2ccccc2CC)CC1. The summed E-state index contributed by atoms with van der Waals surface area (Å²) in [6.45, 7) is 4.74. The highest BCUT2D eigenvalue weighted by atomic mass is 35.5. The zero-order valence-electron chi connectivity index (χ0n) is 17.2. The van der Waals surface area contributed by atoms with Crippen LogP contribution in [0.25, 0.3) is 0 Å².